The fraction of sp³-hybridized carbons (Fsp3) is 0.167. The minimum Gasteiger partial charge on any atom is -0.378 e. The van der Waals surface area contributed by atoms with E-state index in [1.165, 1.54) is 0 Å². The van der Waals surface area contributed by atoms with Gasteiger partial charge in [0.15, 0.2) is 0 Å². The van der Waals surface area contributed by atoms with Gasteiger partial charge in [-0.1, -0.05) is 12.1 Å². The summed E-state index contributed by atoms with van der Waals surface area (Å²) < 4.78 is 0. The predicted molar refractivity (Wildman–Crippen MR) is 65.3 cm³/mol. The number of anilines is 1. The van der Waals surface area contributed by atoms with Gasteiger partial charge in [0, 0.05) is 5.38 Å². The number of benzene rings is 1. The first-order valence-electron chi connectivity index (χ1n) is 4.93. The van der Waals surface area contributed by atoms with Crippen LogP contribution in [0.3, 0.4) is 0 Å². The first kappa shape index (κ1) is 10.7. The first-order chi connectivity index (χ1) is 7.79. The van der Waals surface area contributed by atoms with Crippen LogP contribution < -0.4 is 5.32 Å². The van der Waals surface area contributed by atoms with Crippen LogP contribution in [-0.4, -0.2) is 4.98 Å². The Bertz CT molecular complexity index is 525. The minimum atomic E-state index is 0.656. The molecule has 16 heavy (non-hydrogen) atoms. The number of hydrogen-bond acceptors (Lipinski definition) is 4. The summed E-state index contributed by atoms with van der Waals surface area (Å²) in [6, 6.07) is 9.63. The van der Waals surface area contributed by atoms with Gasteiger partial charge in [0.1, 0.15) is 6.07 Å². The van der Waals surface area contributed by atoms with Crippen LogP contribution in [0.1, 0.15) is 16.3 Å². The summed E-state index contributed by atoms with van der Waals surface area (Å²) in [7, 11) is 0. The second kappa shape index (κ2) is 4.77. The summed E-state index contributed by atoms with van der Waals surface area (Å²) in [6.45, 7) is 2.64. The smallest absolute Gasteiger partial charge is 0.101 e. The molecule has 1 aromatic heterocycles. The molecule has 0 aliphatic heterocycles. The lowest BCUT2D eigenvalue weighted by molar-refractivity contribution is 1.05. The number of para-hydroxylation sites is 1. The van der Waals surface area contributed by atoms with Gasteiger partial charge in [-0.15, -0.1) is 11.3 Å². The third-order valence-electron chi connectivity index (χ3n) is 2.17. The normalized spacial score (nSPS) is 9.75. The molecule has 4 heteroatoms. The lowest BCUT2D eigenvalue weighted by atomic mass is 10.2. The number of nitrogens with one attached hydrogen (secondary N) is 1. The Morgan fingerprint density at radius 3 is 2.94 bits per heavy atom. The van der Waals surface area contributed by atoms with E-state index in [0.717, 1.165) is 16.4 Å². The maximum absolute atomic E-state index is 8.92. The molecule has 0 fully saturated rings. The summed E-state index contributed by atoms with van der Waals surface area (Å²) in [4.78, 5) is 4.35. The summed E-state index contributed by atoms with van der Waals surface area (Å²) >= 11 is 1.63. The molecule has 1 N–H and O–H groups in total. The van der Waals surface area contributed by atoms with Gasteiger partial charge in [-0.25, -0.2) is 4.98 Å². The van der Waals surface area contributed by atoms with Crippen LogP contribution in [0.5, 0.6) is 0 Å². The van der Waals surface area contributed by atoms with Gasteiger partial charge in [0.05, 0.1) is 28.5 Å². The first-order valence-corrected chi connectivity index (χ1v) is 5.81. The molecule has 0 amide bonds. The maximum atomic E-state index is 8.92. The Balaban J connectivity index is 2.08. The SMILES string of the molecule is Cc1nc(CNc2ccccc2C#N)cs1. The lowest BCUT2D eigenvalue weighted by Crippen LogP contribution is -2.01. The fourth-order valence-corrected chi connectivity index (χ4v) is 2.02. The van der Waals surface area contributed by atoms with Gasteiger partial charge in [0.2, 0.25) is 0 Å². The van der Waals surface area contributed by atoms with Crippen molar-refractivity contribution in [2.75, 3.05) is 5.32 Å². The summed E-state index contributed by atoms with van der Waals surface area (Å²) in [5.41, 5.74) is 2.53. The zero-order valence-corrected chi connectivity index (χ0v) is 9.71. The van der Waals surface area contributed by atoms with E-state index in [0.29, 0.717) is 12.1 Å². The molecule has 1 heterocycles. The van der Waals surface area contributed by atoms with E-state index in [2.05, 4.69) is 16.4 Å². The second-order valence-corrected chi connectivity index (χ2v) is 4.43. The molecule has 0 atom stereocenters. The van der Waals surface area contributed by atoms with Crippen molar-refractivity contribution < 1.29 is 0 Å². The molecule has 0 saturated carbocycles. The number of aryl methyl sites for hydroxylation is 1. The van der Waals surface area contributed by atoms with Crippen LogP contribution in [0.15, 0.2) is 29.6 Å². The van der Waals surface area contributed by atoms with E-state index in [4.69, 9.17) is 5.26 Å². The third kappa shape index (κ3) is 2.38. The van der Waals surface area contributed by atoms with Crippen LogP contribution in [0.2, 0.25) is 0 Å². The molecular formula is C12H11N3S. The molecule has 0 aliphatic rings. The van der Waals surface area contributed by atoms with Crippen LogP contribution in [0.4, 0.5) is 5.69 Å². The van der Waals surface area contributed by atoms with Crippen LogP contribution in [-0.2, 0) is 6.54 Å². The van der Waals surface area contributed by atoms with E-state index in [1.54, 1.807) is 17.4 Å². The Hall–Kier alpha value is -1.86. The Morgan fingerprint density at radius 1 is 1.44 bits per heavy atom. The average molecular weight is 229 g/mol. The van der Waals surface area contributed by atoms with Crippen LogP contribution >= 0.6 is 11.3 Å². The van der Waals surface area contributed by atoms with Crippen molar-refractivity contribution in [2.24, 2.45) is 0 Å². The highest BCUT2D eigenvalue weighted by atomic mass is 32.1. The van der Waals surface area contributed by atoms with Gasteiger partial charge < -0.3 is 5.32 Å². The molecule has 0 saturated heterocycles. The summed E-state index contributed by atoms with van der Waals surface area (Å²) in [6.07, 6.45) is 0. The Labute approximate surface area is 98.4 Å². The van der Waals surface area contributed by atoms with Crippen molar-refractivity contribution in [3.05, 3.63) is 45.9 Å². The van der Waals surface area contributed by atoms with Gasteiger partial charge in [-0.05, 0) is 19.1 Å². The molecule has 0 aliphatic carbocycles. The third-order valence-corrected chi connectivity index (χ3v) is 3.00. The van der Waals surface area contributed by atoms with E-state index in [1.807, 2.05) is 30.5 Å². The highest BCUT2D eigenvalue weighted by Gasteiger charge is 2.01. The lowest BCUT2D eigenvalue weighted by Gasteiger charge is -2.05. The van der Waals surface area contributed by atoms with Crippen molar-refractivity contribution in [3.63, 3.8) is 0 Å². The molecule has 80 valence electrons. The van der Waals surface area contributed by atoms with Crippen molar-refractivity contribution in [3.8, 4) is 6.07 Å². The molecule has 2 rings (SSSR count). The summed E-state index contributed by atoms with van der Waals surface area (Å²) in [5, 5.41) is 15.2. The summed E-state index contributed by atoms with van der Waals surface area (Å²) in [5.74, 6) is 0. The number of nitrogens with zero attached hydrogens (tertiary/aromatic N) is 2. The second-order valence-electron chi connectivity index (χ2n) is 3.37. The average Bonchev–Trinajstić information content (AvgIpc) is 2.73. The van der Waals surface area contributed by atoms with E-state index < -0.39 is 0 Å². The Kier molecular flexibility index (Phi) is 3.18. The van der Waals surface area contributed by atoms with Gasteiger partial charge in [-0.2, -0.15) is 5.26 Å². The minimum absolute atomic E-state index is 0.656. The monoisotopic (exact) mass is 229 g/mol. The van der Waals surface area contributed by atoms with Gasteiger partial charge >= 0.3 is 0 Å². The zero-order chi connectivity index (χ0) is 11.4. The molecule has 1 aromatic carbocycles. The number of hydrogen-bond donors (Lipinski definition) is 1. The van der Waals surface area contributed by atoms with Crippen molar-refractivity contribution in [1.29, 1.82) is 5.26 Å². The highest BCUT2D eigenvalue weighted by molar-refractivity contribution is 7.09. The Morgan fingerprint density at radius 2 is 2.25 bits per heavy atom. The van der Waals surface area contributed by atoms with Crippen molar-refractivity contribution in [2.45, 2.75) is 13.5 Å². The standard InChI is InChI=1S/C12H11N3S/c1-9-15-11(8-16-9)7-14-12-5-3-2-4-10(12)6-13/h2-5,8,14H,7H2,1H3. The predicted octanol–water partition coefficient (Wildman–Crippen LogP) is 2.94. The quantitative estimate of drug-likeness (QED) is 0.880. The molecule has 3 nitrogen and oxygen atoms in total. The van der Waals surface area contributed by atoms with E-state index in [9.17, 15) is 0 Å². The molecule has 0 spiro atoms. The number of nitriles is 1. The number of rotatable bonds is 3. The largest absolute Gasteiger partial charge is 0.378 e. The van der Waals surface area contributed by atoms with E-state index in [-0.39, 0.29) is 0 Å². The fourth-order valence-electron chi connectivity index (χ4n) is 1.41. The number of thiazole rings is 1. The molecule has 0 radical (unpaired) electrons. The number of aromatic nitrogens is 1. The van der Waals surface area contributed by atoms with Gasteiger partial charge in [0.25, 0.3) is 0 Å². The highest BCUT2D eigenvalue weighted by Crippen LogP contribution is 2.15. The van der Waals surface area contributed by atoms with Crippen molar-refractivity contribution in [1.82, 2.24) is 4.98 Å². The zero-order valence-electron chi connectivity index (χ0n) is 8.90. The molecule has 0 unspecified atom stereocenters. The van der Waals surface area contributed by atoms with Crippen molar-refractivity contribution >= 4 is 17.0 Å². The molecule has 0 bridgehead atoms. The maximum Gasteiger partial charge on any atom is 0.101 e. The van der Waals surface area contributed by atoms with E-state index >= 15 is 0 Å². The molecular weight excluding hydrogens is 218 g/mol. The van der Waals surface area contributed by atoms with Gasteiger partial charge in [-0.3, -0.25) is 0 Å². The van der Waals surface area contributed by atoms with Crippen LogP contribution in [0.25, 0.3) is 0 Å². The molecule has 2 aromatic rings. The topological polar surface area (TPSA) is 48.7 Å². The van der Waals surface area contributed by atoms with Crippen LogP contribution in [0, 0.1) is 18.3 Å².